The van der Waals surface area contributed by atoms with Crippen LogP contribution in [0, 0.1) is 5.92 Å². The molecule has 0 spiro atoms. The first-order valence-electron chi connectivity index (χ1n) is 4.87. The fraction of sp³-hybridized carbons (Fsp3) is 0.400. The van der Waals surface area contributed by atoms with Crippen molar-refractivity contribution < 1.29 is 12.9 Å². The Hall–Kier alpha value is -1.07. The van der Waals surface area contributed by atoms with Gasteiger partial charge in [0.2, 0.25) is 0 Å². The number of rotatable bonds is 5. The van der Waals surface area contributed by atoms with E-state index in [2.05, 4.69) is 9.50 Å². The fourth-order valence-electron chi connectivity index (χ4n) is 1.29. The molecular formula is C10H13NO3S. The van der Waals surface area contributed by atoms with Crippen molar-refractivity contribution in [1.29, 1.82) is 0 Å². The molecule has 0 heterocycles. The largest absolute Gasteiger partial charge is 0.385 e. The van der Waals surface area contributed by atoms with Gasteiger partial charge in [-0.15, -0.1) is 0 Å². The van der Waals surface area contributed by atoms with E-state index in [0.29, 0.717) is 5.75 Å². The number of hydrogen-bond acceptors (Lipinski definition) is 3. The first-order chi connectivity index (χ1) is 7.24. The minimum Gasteiger partial charge on any atom is -0.385 e. The summed E-state index contributed by atoms with van der Waals surface area (Å²) in [5.74, 6) is 1.22. The van der Waals surface area contributed by atoms with Crippen LogP contribution in [0.15, 0.2) is 24.3 Å². The monoisotopic (exact) mass is 227 g/mol. The van der Waals surface area contributed by atoms with Gasteiger partial charge in [-0.3, -0.25) is 4.55 Å². The summed E-state index contributed by atoms with van der Waals surface area (Å²) in [6.07, 6.45) is 2.63. The van der Waals surface area contributed by atoms with Crippen molar-refractivity contribution in [2.75, 3.05) is 11.9 Å². The van der Waals surface area contributed by atoms with Gasteiger partial charge in [-0.1, -0.05) is 0 Å². The molecule has 2 N–H and O–H groups in total. The second-order valence-corrected chi connectivity index (χ2v) is 4.25. The molecule has 4 nitrogen and oxygen atoms in total. The van der Waals surface area contributed by atoms with E-state index in [0.717, 1.165) is 18.2 Å². The highest BCUT2D eigenvalue weighted by atomic mass is 32.2. The maximum absolute atomic E-state index is 10.4. The SMILES string of the molecule is O=S(O)Oc1ccc(NCC2CC2)cc1. The lowest BCUT2D eigenvalue weighted by Gasteiger charge is -2.05. The van der Waals surface area contributed by atoms with Crippen molar-refractivity contribution in [3.63, 3.8) is 0 Å². The van der Waals surface area contributed by atoms with Crippen molar-refractivity contribution in [2.24, 2.45) is 5.92 Å². The highest BCUT2D eigenvalue weighted by Crippen LogP contribution is 2.29. The molecule has 0 bridgehead atoms. The molecule has 15 heavy (non-hydrogen) atoms. The van der Waals surface area contributed by atoms with Crippen LogP contribution in [0.3, 0.4) is 0 Å². The maximum atomic E-state index is 10.4. The Labute approximate surface area is 91.1 Å². The summed E-state index contributed by atoms with van der Waals surface area (Å²) in [7, 11) is 0. The lowest BCUT2D eigenvalue weighted by molar-refractivity contribution is 0.458. The van der Waals surface area contributed by atoms with Crippen LogP contribution >= 0.6 is 0 Å². The standard InChI is InChI=1S/C10H13NO3S/c12-15(13)14-10-5-3-9(4-6-10)11-7-8-1-2-8/h3-6,8,11H,1-2,7H2,(H,12,13). The van der Waals surface area contributed by atoms with Crippen LogP contribution in [0.1, 0.15) is 12.8 Å². The van der Waals surface area contributed by atoms with Gasteiger partial charge >= 0.3 is 11.4 Å². The molecule has 1 aliphatic rings. The van der Waals surface area contributed by atoms with Crippen molar-refractivity contribution in [1.82, 2.24) is 0 Å². The van der Waals surface area contributed by atoms with Gasteiger partial charge in [0, 0.05) is 12.2 Å². The zero-order valence-electron chi connectivity index (χ0n) is 8.18. The van der Waals surface area contributed by atoms with E-state index in [1.54, 1.807) is 12.1 Å². The topological polar surface area (TPSA) is 58.6 Å². The third kappa shape index (κ3) is 3.53. The lowest BCUT2D eigenvalue weighted by Crippen LogP contribution is -2.03. The van der Waals surface area contributed by atoms with Crippen LogP contribution in [-0.4, -0.2) is 15.3 Å². The molecule has 1 atom stereocenters. The quantitative estimate of drug-likeness (QED) is 0.756. The Morgan fingerprint density at radius 3 is 2.60 bits per heavy atom. The van der Waals surface area contributed by atoms with Crippen LogP contribution in [0.5, 0.6) is 5.75 Å². The molecule has 1 saturated carbocycles. The summed E-state index contributed by atoms with van der Waals surface area (Å²) >= 11 is -2.24. The predicted molar refractivity (Wildman–Crippen MR) is 59.1 cm³/mol. The van der Waals surface area contributed by atoms with Crippen LogP contribution in [0.4, 0.5) is 5.69 Å². The number of hydrogen-bond donors (Lipinski definition) is 2. The minimum atomic E-state index is -2.24. The van der Waals surface area contributed by atoms with Gasteiger partial charge in [0.1, 0.15) is 5.75 Å². The zero-order valence-corrected chi connectivity index (χ0v) is 9.00. The van der Waals surface area contributed by atoms with Crippen molar-refractivity contribution in [2.45, 2.75) is 12.8 Å². The highest BCUT2D eigenvalue weighted by Gasteiger charge is 2.20. The Kier molecular flexibility index (Phi) is 3.23. The molecule has 0 aliphatic heterocycles. The summed E-state index contributed by atoms with van der Waals surface area (Å²) < 4.78 is 23.5. The van der Waals surface area contributed by atoms with Crippen LogP contribution in [0.25, 0.3) is 0 Å². The second-order valence-electron chi connectivity index (χ2n) is 3.65. The van der Waals surface area contributed by atoms with E-state index in [1.807, 2.05) is 12.1 Å². The highest BCUT2D eigenvalue weighted by molar-refractivity contribution is 7.74. The molecule has 0 amide bonds. The average molecular weight is 227 g/mol. The first kappa shape index (κ1) is 10.4. The third-order valence-electron chi connectivity index (χ3n) is 2.31. The van der Waals surface area contributed by atoms with E-state index in [1.165, 1.54) is 12.8 Å². The molecule has 5 heteroatoms. The van der Waals surface area contributed by atoms with Crippen LogP contribution in [-0.2, 0) is 11.4 Å². The van der Waals surface area contributed by atoms with Gasteiger partial charge in [0.15, 0.2) is 0 Å². The van der Waals surface area contributed by atoms with Gasteiger partial charge in [0.25, 0.3) is 0 Å². The van der Waals surface area contributed by atoms with E-state index < -0.39 is 11.4 Å². The summed E-state index contributed by atoms with van der Waals surface area (Å²) in [6.45, 7) is 1.01. The van der Waals surface area contributed by atoms with Crippen LogP contribution in [0.2, 0.25) is 0 Å². The molecule has 1 fully saturated rings. The minimum absolute atomic E-state index is 0.396. The van der Waals surface area contributed by atoms with E-state index >= 15 is 0 Å². The maximum Gasteiger partial charge on any atom is 0.357 e. The van der Waals surface area contributed by atoms with Crippen molar-refractivity contribution in [3.8, 4) is 5.75 Å². The lowest BCUT2D eigenvalue weighted by atomic mass is 10.3. The molecule has 0 radical (unpaired) electrons. The predicted octanol–water partition coefficient (Wildman–Crippen LogP) is 2.02. The molecule has 0 aromatic heterocycles. The molecule has 1 aliphatic carbocycles. The smallest absolute Gasteiger partial charge is 0.357 e. The van der Waals surface area contributed by atoms with Gasteiger partial charge in [-0.2, -0.15) is 4.21 Å². The Balaban J connectivity index is 1.87. The van der Waals surface area contributed by atoms with Gasteiger partial charge < -0.3 is 9.50 Å². The Morgan fingerprint density at radius 1 is 1.40 bits per heavy atom. The number of benzene rings is 1. The van der Waals surface area contributed by atoms with E-state index in [9.17, 15) is 4.21 Å². The summed E-state index contributed by atoms with van der Waals surface area (Å²) in [5, 5.41) is 3.29. The van der Waals surface area contributed by atoms with Crippen LogP contribution < -0.4 is 9.50 Å². The van der Waals surface area contributed by atoms with Crippen molar-refractivity contribution >= 4 is 17.0 Å². The Morgan fingerprint density at radius 2 is 2.07 bits per heavy atom. The summed E-state index contributed by atoms with van der Waals surface area (Å²) in [6, 6.07) is 7.02. The molecule has 82 valence electrons. The van der Waals surface area contributed by atoms with E-state index in [4.69, 9.17) is 4.55 Å². The zero-order chi connectivity index (χ0) is 10.7. The number of anilines is 1. The second kappa shape index (κ2) is 4.63. The summed E-state index contributed by atoms with van der Waals surface area (Å²) in [5.41, 5.74) is 1.01. The average Bonchev–Trinajstić information content (AvgIpc) is 2.99. The Bertz CT molecular complexity index is 348. The third-order valence-corrected chi connectivity index (χ3v) is 2.65. The summed E-state index contributed by atoms with van der Waals surface area (Å²) in [4.78, 5) is 0. The van der Waals surface area contributed by atoms with E-state index in [-0.39, 0.29) is 0 Å². The van der Waals surface area contributed by atoms with Gasteiger partial charge in [-0.05, 0) is 43.0 Å². The molecule has 2 rings (SSSR count). The van der Waals surface area contributed by atoms with Gasteiger partial charge in [0.05, 0.1) is 0 Å². The normalized spacial score (nSPS) is 17.1. The molecule has 1 aromatic rings. The fourth-order valence-corrected chi connectivity index (χ4v) is 1.57. The van der Waals surface area contributed by atoms with Gasteiger partial charge in [-0.25, -0.2) is 0 Å². The number of nitrogens with one attached hydrogen (secondary N) is 1. The molecular weight excluding hydrogens is 214 g/mol. The molecule has 1 unspecified atom stereocenters. The van der Waals surface area contributed by atoms with Crippen molar-refractivity contribution in [3.05, 3.63) is 24.3 Å². The molecule has 0 saturated heterocycles. The first-order valence-corrected chi connectivity index (χ1v) is 5.90. The molecule has 1 aromatic carbocycles.